The monoisotopic (exact) mass is 384 g/mol. The Kier molecular flexibility index (Phi) is 5.36. The quantitative estimate of drug-likeness (QED) is 0.873. The summed E-state index contributed by atoms with van der Waals surface area (Å²) in [4.78, 5) is 21.9. The third-order valence-electron chi connectivity index (χ3n) is 3.91. The Morgan fingerprint density at radius 2 is 1.96 bits per heavy atom. The molecule has 2 heterocycles. The van der Waals surface area contributed by atoms with Crippen molar-refractivity contribution in [2.45, 2.75) is 6.61 Å². The van der Waals surface area contributed by atoms with Gasteiger partial charge in [0.15, 0.2) is 0 Å². The number of hydrogen-bond acceptors (Lipinski definition) is 5. The van der Waals surface area contributed by atoms with Crippen molar-refractivity contribution in [1.82, 2.24) is 14.9 Å². The molecule has 138 valence electrons. The molecule has 1 amide bonds. The Morgan fingerprint density at radius 3 is 2.62 bits per heavy atom. The fourth-order valence-corrected chi connectivity index (χ4v) is 2.64. The van der Waals surface area contributed by atoms with E-state index in [0.717, 1.165) is 12.3 Å². The first-order valence-corrected chi connectivity index (χ1v) is 8.14. The molecule has 0 radical (unpaired) electrons. The van der Waals surface area contributed by atoms with Crippen molar-refractivity contribution in [1.29, 1.82) is 0 Å². The number of benzene rings is 1. The molecule has 0 aliphatic carbocycles. The van der Waals surface area contributed by atoms with Crippen LogP contribution in [0.5, 0.6) is 5.88 Å². The molecule has 2 aromatic rings. The molecule has 1 aliphatic rings. The van der Waals surface area contributed by atoms with E-state index in [4.69, 9.17) is 21.4 Å². The van der Waals surface area contributed by atoms with Crippen LogP contribution in [0.3, 0.4) is 0 Å². The minimum atomic E-state index is -0.987. The van der Waals surface area contributed by atoms with Crippen molar-refractivity contribution in [3.05, 3.63) is 46.6 Å². The van der Waals surface area contributed by atoms with E-state index in [0.29, 0.717) is 26.2 Å². The molecule has 1 aromatic carbocycles. The Hall–Kier alpha value is -2.68. The minimum Gasteiger partial charge on any atom is -0.470 e. The van der Waals surface area contributed by atoms with E-state index in [1.807, 2.05) is 0 Å². The van der Waals surface area contributed by atoms with Crippen LogP contribution < -0.4 is 9.64 Å². The maximum absolute atomic E-state index is 13.9. The molecule has 1 aliphatic heterocycles. The van der Waals surface area contributed by atoms with Crippen LogP contribution in [-0.4, -0.2) is 52.2 Å². The number of carboxylic acid groups (broad SMARTS) is 1. The zero-order valence-corrected chi connectivity index (χ0v) is 14.3. The average Bonchev–Trinajstić information content (AvgIpc) is 2.62. The summed E-state index contributed by atoms with van der Waals surface area (Å²) < 4.78 is 33.0. The smallest absolute Gasteiger partial charge is 0.407 e. The van der Waals surface area contributed by atoms with Gasteiger partial charge in [0, 0.05) is 36.8 Å². The number of halogens is 3. The molecule has 1 N–H and O–H groups in total. The number of hydrogen-bond donors (Lipinski definition) is 1. The number of rotatable bonds is 4. The number of ether oxygens (including phenoxy) is 1. The summed E-state index contributed by atoms with van der Waals surface area (Å²) in [6, 6.07) is 4.10. The molecule has 1 saturated heterocycles. The summed E-state index contributed by atoms with van der Waals surface area (Å²) in [5.74, 6) is -1.41. The standard InChI is InChI=1S/C16H15ClF2N4O3/c17-11-2-1-10(12(18)7-11)9-26-14-13(19)8-20-15(21-14)22-3-5-23(6-4-22)16(24)25/h1-2,7-8H,3-6,9H2,(H,24,25). The van der Waals surface area contributed by atoms with Gasteiger partial charge in [-0.2, -0.15) is 9.37 Å². The molecule has 3 rings (SSSR count). The van der Waals surface area contributed by atoms with Gasteiger partial charge in [-0.05, 0) is 12.1 Å². The molecule has 26 heavy (non-hydrogen) atoms. The van der Waals surface area contributed by atoms with Crippen LogP contribution in [0, 0.1) is 11.6 Å². The van der Waals surface area contributed by atoms with E-state index < -0.39 is 17.7 Å². The molecule has 0 bridgehead atoms. The minimum absolute atomic E-state index is 0.212. The normalized spacial score (nSPS) is 14.4. The number of aromatic nitrogens is 2. The second kappa shape index (κ2) is 7.69. The van der Waals surface area contributed by atoms with Gasteiger partial charge in [-0.1, -0.05) is 17.7 Å². The van der Waals surface area contributed by atoms with Gasteiger partial charge in [0.1, 0.15) is 12.4 Å². The first kappa shape index (κ1) is 18.1. The first-order valence-electron chi connectivity index (χ1n) is 7.76. The topological polar surface area (TPSA) is 78.8 Å². The Morgan fingerprint density at radius 1 is 1.23 bits per heavy atom. The molecule has 0 saturated carbocycles. The summed E-state index contributed by atoms with van der Waals surface area (Å²) in [5.41, 5.74) is 0.212. The molecule has 1 aromatic heterocycles. The van der Waals surface area contributed by atoms with Crippen LogP contribution >= 0.6 is 11.6 Å². The lowest BCUT2D eigenvalue weighted by Crippen LogP contribution is -2.48. The lowest BCUT2D eigenvalue weighted by Gasteiger charge is -2.33. The fourth-order valence-electron chi connectivity index (χ4n) is 2.48. The highest BCUT2D eigenvalue weighted by atomic mass is 35.5. The zero-order valence-electron chi connectivity index (χ0n) is 13.5. The zero-order chi connectivity index (χ0) is 18.7. The van der Waals surface area contributed by atoms with Gasteiger partial charge in [-0.25, -0.2) is 14.2 Å². The van der Waals surface area contributed by atoms with Crippen LogP contribution in [-0.2, 0) is 6.61 Å². The van der Waals surface area contributed by atoms with Gasteiger partial charge in [0.25, 0.3) is 5.88 Å². The van der Waals surface area contributed by atoms with Crippen LogP contribution in [0.25, 0.3) is 0 Å². The van der Waals surface area contributed by atoms with Crippen molar-refractivity contribution in [3.63, 3.8) is 0 Å². The summed E-state index contributed by atoms with van der Waals surface area (Å²) in [7, 11) is 0. The lowest BCUT2D eigenvalue weighted by molar-refractivity contribution is 0.142. The number of carbonyl (C=O) groups is 1. The summed E-state index contributed by atoms with van der Waals surface area (Å²) in [6.45, 7) is 1.13. The third kappa shape index (κ3) is 4.10. The van der Waals surface area contributed by atoms with E-state index in [-0.39, 0.29) is 29.0 Å². The SMILES string of the molecule is O=C(O)N1CCN(c2ncc(F)c(OCc3ccc(Cl)cc3F)n2)CC1. The molecule has 1 fully saturated rings. The number of piperazine rings is 1. The van der Waals surface area contributed by atoms with Crippen molar-refractivity contribution >= 4 is 23.6 Å². The maximum atomic E-state index is 13.9. The first-order chi connectivity index (χ1) is 12.4. The molecule has 7 nitrogen and oxygen atoms in total. The third-order valence-corrected chi connectivity index (χ3v) is 4.15. The van der Waals surface area contributed by atoms with Crippen molar-refractivity contribution in [3.8, 4) is 5.88 Å². The van der Waals surface area contributed by atoms with Gasteiger partial charge >= 0.3 is 6.09 Å². The highest BCUT2D eigenvalue weighted by Gasteiger charge is 2.23. The van der Waals surface area contributed by atoms with Crippen LogP contribution in [0.1, 0.15) is 5.56 Å². The van der Waals surface area contributed by atoms with Gasteiger partial charge in [-0.15, -0.1) is 0 Å². The molecule has 0 unspecified atom stereocenters. The summed E-state index contributed by atoms with van der Waals surface area (Å²) in [6.07, 6.45) is -0.0156. The van der Waals surface area contributed by atoms with Gasteiger partial charge in [0.2, 0.25) is 11.8 Å². The second-order valence-electron chi connectivity index (χ2n) is 5.60. The predicted molar refractivity (Wildman–Crippen MR) is 89.5 cm³/mol. The van der Waals surface area contributed by atoms with E-state index in [9.17, 15) is 13.6 Å². The Labute approximate surface area is 152 Å². The average molecular weight is 385 g/mol. The number of anilines is 1. The number of amides is 1. The molecule has 0 atom stereocenters. The van der Waals surface area contributed by atoms with E-state index in [1.54, 1.807) is 4.90 Å². The largest absolute Gasteiger partial charge is 0.470 e. The molecular weight excluding hydrogens is 370 g/mol. The predicted octanol–water partition coefficient (Wildman–Crippen LogP) is 2.79. The van der Waals surface area contributed by atoms with Crippen LogP contribution in [0.2, 0.25) is 5.02 Å². The van der Waals surface area contributed by atoms with Gasteiger partial charge < -0.3 is 19.6 Å². The fraction of sp³-hybridized carbons (Fsp3) is 0.312. The van der Waals surface area contributed by atoms with Crippen molar-refractivity contribution in [2.24, 2.45) is 0 Å². The van der Waals surface area contributed by atoms with Crippen LogP contribution in [0.15, 0.2) is 24.4 Å². The van der Waals surface area contributed by atoms with Crippen molar-refractivity contribution in [2.75, 3.05) is 31.1 Å². The van der Waals surface area contributed by atoms with E-state index in [2.05, 4.69) is 9.97 Å². The highest BCUT2D eigenvalue weighted by molar-refractivity contribution is 6.30. The molecule has 0 spiro atoms. The van der Waals surface area contributed by atoms with Crippen LogP contribution in [0.4, 0.5) is 19.5 Å². The summed E-state index contributed by atoms with van der Waals surface area (Å²) in [5, 5.41) is 9.21. The Bertz CT molecular complexity index is 816. The van der Waals surface area contributed by atoms with E-state index >= 15 is 0 Å². The van der Waals surface area contributed by atoms with Gasteiger partial charge in [0.05, 0.1) is 6.20 Å². The highest BCUT2D eigenvalue weighted by Crippen LogP contribution is 2.21. The summed E-state index contributed by atoms with van der Waals surface area (Å²) >= 11 is 5.69. The van der Waals surface area contributed by atoms with E-state index in [1.165, 1.54) is 17.0 Å². The Balaban J connectivity index is 1.69. The van der Waals surface area contributed by atoms with Gasteiger partial charge in [-0.3, -0.25) is 0 Å². The lowest BCUT2D eigenvalue weighted by atomic mass is 10.2. The van der Waals surface area contributed by atoms with Crippen molar-refractivity contribution < 1.29 is 23.4 Å². The molecule has 10 heteroatoms. The number of nitrogens with zero attached hydrogens (tertiary/aromatic N) is 4. The maximum Gasteiger partial charge on any atom is 0.407 e. The molecular formula is C16H15ClF2N4O3. The second-order valence-corrected chi connectivity index (χ2v) is 6.04.